The Bertz CT molecular complexity index is 1860. The smallest absolute Gasteiger partial charge is 0.303 e. The van der Waals surface area contributed by atoms with Crippen molar-refractivity contribution in [3.63, 3.8) is 0 Å². The molecule has 50 heavy (non-hydrogen) atoms. The summed E-state index contributed by atoms with van der Waals surface area (Å²) in [5.74, 6) is -2.02. The van der Waals surface area contributed by atoms with Crippen LogP contribution in [0.4, 0.5) is 0 Å². The van der Waals surface area contributed by atoms with Gasteiger partial charge in [0, 0.05) is 39.3 Å². The number of fused-ring (bicyclic) bond motifs is 2. The van der Waals surface area contributed by atoms with Gasteiger partial charge < -0.3 is 56.5 Å². The maximum absolute atomic E-state index is 13.9. The molecular weight excluding hydrogens is 668 g/mol. The first kappa shape index (κ1) is 35.6. The number of carbonyl (C=O) groups excluding carboxylic acids is 4. The Hall–Kier alpha value is -5.71. The lowest BCUT2D eigenvalue weighted by atomic mass is 9.98. The molecular formula is C33H34O17. The van der Waals surface area contributed by atoms with Gasteiger partial charge in [-0.1, -0.05) is 0 Å². The Morgan fingerprint density at radius 2 is 1.36 bits per heavy atom. The molecule has 17 nitrogen and oxygen atoms in total. The predicted molar refractivity (Wildman–Crippen MR) is 166 cm³/mol. The summed E-state index contributed by atoms with van der Waals surface area (Å²) < 4.78 is 67.2. The average Bonchev–Trinajstić information content (AvgIpc) is 3.55. The van der Waals surface area contributed by atoms with Crippen molar-refractivity contribution in [2.45, 2.75) is 58.4 Å². The molecule has 1 aromatic heterocycles. The number of rotatable bonds is 11. The first-order chi connectivity index (χ1) is 23.9. The van der Waals surface area contributed by atoms with Crippen LogP contribution in [0.25, 0.3) is 22.1 Å². The van der Waals surface area contributed by atoms with E-state index in [9.17, 15) is 24.0 Å². The van der Waals surface area contributed by atoms with Crippen LogP contribution < -0.4 is 33.8 Å². The molecule has 3 heterocycles. The van der Waals surface area contributed by atoms with Crippen molar-refractivity contribution >= 4 is 34.8 Å². The van der Waals surface area contributed by atoms with E-state index in [0.29, 0.717) is 17.1 Å². The molecule has 1 saturated heterocycles. The molecule has 0 radical (unpaired) electrons. The fraction of sp³-hybridized carbons (Fsp3) is 0.424. The summed E-state index contributed by atoms with van der Waals surface area (Å²) in [6, 6.07) is 4.26. The topological polar surface area (TPSA) is 200 Å². The fourth-order valence-electron chi connectivity index (χ4n) is 5.55. The van der Waals surface area contributed by atoms with Crippen LogP contribution in [0.2, 0.25) is 0 Å². The highest BCUT2D eigenvalue weighted by molar-refractivity contribution is 5.87. The van der Waals surface area contributed by atoms with Crippen molar-refractivity contribution in [2.75, 3.05) is 34.7 Å². The predicted octanol–water partition coefficient (Wildman–Crippen LogP) is 2.68. The van der Waals surface area contributed by atoms with Crippen LogP contribution in [0.15, 0.2) is 33.7 Å². The molecule has 1 unspecified atom stereocenters. The summed E-state index contributed by atoms with van der Waals surface area (Å²) in [6.45, 7) is 3.92. The van der Waals surface area contributed by atoms with Gasteiger partial charge in [0.25, 0.3) is 0 Å². The van der Waals surface area contributed by atoms with Gasteiger partial charge in [0.2, 0.25) is 36.1 Å². The standard InChI is InChI=1S/C33H34O17/c1-14(34)42-12-25-29(46-15(2)35)31(47-16(3)36)32(48-17(4)37)33(50-25)49-23-10-21-19(9-22(23)39-5)26(38)20(11-43-21)18-8-24(40-6)28-30(27(18)41-7)45-13-44-28/h8-11,25,29,31-33H,12-13H2,1-7H3/t25-,29-,31+,32-,33?/m1/s1. The van der Waals surface area contributed by atoms with E-state index in [1.54, 1.807) is 6.07 Å². The molecule has 2 aliphatic heterocycles. The van der Waals surface area contributed by atoms with E-state index in [1.165, 1.54) is 39.7 Å². The van der Waals surface area contributed by atoms with Crippen molar-refractivity contribution in [1.82, 2.24) is 0 Å². The highest BCUT2D eigenvalue weighted by Gasteiger charge is 2.53. The second-order valence-electron chi connectivity index (χ2n) is 10.9. The van der Waals surface area contributed by atoms with Crippen molar-refractivity contribution in [2.24, 2.45) is 0 Å². The Morgan fingerprint density at radius 1 is 0.720 bits per heavy atom. The molecule has 0 N–H and O–H groups in total. The summed E-state index contributed by atoms with van der Waals surface area (Å²) in [5.41, 5.74) is -0.0308. The molecule has 2 aliphatic rings. The van der Waals surface area contributed by atoms with E-state index in [0.717, 1.165) is 27.7 Å². The minimum absolute atomic E-state index is 0.0186. The maximum Gasteiger partial charge on any atom is 0.303 e. The number of benzene rings is 2. The second kappa shape index (κ2) is 14.8. The minimum atomic E-state index is -1.57. The van der Waals surface area contributed by atoms with Crippen LogP contribution in [0.1, 0.15) is 27.7 Å². The van der Waals surface area contributed by atoms with Gasteiger partial charge in [0.1, 0.15) is 24.6 Å². The molecule has 268 valence electrons. The van der Waals surface area contributed by atoms with Gasteiger partial charge >= 0.3 is 23.9 Å². The molecule has 2 aromatic carbocycles. The quantitative estimate of drug-likeness (QED) is 0.208. The third-order valence-electron chi connectivity index (χ3n) is 7.53. The molecule has 0 amide bonds. The van der Waals surface area contributed by atoms with Crippen molar-refractivity contribution < 1.29 is 75.7 Å². The molecule has 1 fully saturated rings. The Balaban J connectivity index is 1.58. The van der Waals surface area contributed by atoms with Crippen LogP contribution >= 0.6 is 0 Å². The van der Waals surface area contributed by atoms with Crippen molar-refractivity contribution in [1.29, 1.82) is 0 Å². The first-order valence-electron chi connectivity index (χ1n) is 15.0. The van der Waals surface area contributed by atoms with E-state index >= 15 is 0 Å². The summed E-state index contributed by atoms with van der Waals surface area (Å²) >= 11 is 0. The third-order valence-corrected chi connectivity index (χ3v) is 7.53. The minimum Gasteiger partial charge on any atom is -0.493 e. The van der Waals surface area contributed by atoms with Crippen LogP contribution in [0, 0.1) is 0 Å². The number of hydrogen-bond acceptors (Lipinski definition) is 17. The number of methoxy groups -OCH3 is 3. The average molecular weight is 703 g/mol. The zero-order chi connectivity index (χ0) is 36.3. The first-order valence-corrected chi connectivity index (χ1v) is 15.0. The molecule has 5 rings (SSSR count). The molecule has 0 aliphatic carbocycles. The van der Waals surface area contributed by atoms with E-state index in [4.69, 9.17) is 56.5 Å². The van der Waals surface area contributed by atoms with Gasteiger partial charge in [-0.3, -0.25) is 24.0 Å². The van der Waals surface area contributed by atoms with Crippen LogP contribution in [0.5, 0.6) is 34.5 Å². The van der Waals surface area contributed by atoms with Crippen LogP contribution in [-0.2, 0) is 42.9 Å². The molecule has 5 atom stereocenters. The Kier molecular flexibility index (Phi) is 10.5. The Labute approximate surface area is 284 Å². The van der Waals surface area contributed by atoms with E-state index in [1.807, 2.05) is 0 Å². The highest BCUT2D eigenvalue weighted by Crippen LogP contribution is 2.52. The number of carbonyl (C=O) groups is 4. The van der Waals surface area contributed by atoms with Gasteiger partial charge in [-0.2, -0.15) is 0 Å². The summed E-state index contributed by atoms with van der Waals surface area (Å²) in [6.07, 6.45) is -5.99. The van der Waals surface area contributed by atoms with Crippen LogP contribution in [0.3, 0.4) is 0 Å². The summed E-state index contributed by atoms with van der Waals surface area (Å²) in [5, 5.41) is 0.0759. The fourth-order valence-corrected chi connectivity index (χ4v) is 5.55. The highest BCUT2D eigenvalue weighted by atomic mass is 16.7. The van der Waals surface area contributed by atoms with Gasteiger partial charge in [-0.05, 0) is 12.1 Å². The zero-order valence-electron chi connectivity index (χ0n) is 28.1. The van der Waals surface area contributed by atoms with Gasteiger partial charge in [-0.25, -0.2) is 0 Å². The van der Waals surface area contributed by atoms with Gasteiger partial charge in [0.05, 0.1) is 32.3 Å². The zero-order valence-corrected chi connectivity index (χ0v) is 28.1. The maximum atomic E-state index is 13.9. The van der Waals surface area contributed by atoms with Crippen LogP contribution in [-0.4, -0.2) is 89.3 Å². The monoisotopic (exact) mass is 702 g/mol. The SMILES string of the molecule is COc1cc2c(=O)c(-c3cc(OC)c4c(c3OC)OCO4)coc2cc1OC1O[C@H](COC(C)=O)[C@@H](OC(C)=O)[C@H](OC(C)=O)[C@H]1OC(C)=O. The summed E-state index contributed by atoms with van der Waals surface area (Å²) in [4.78, 5) is 62.1. The number of esters is 4. The molecule has 3 aromatic rings. The lowest BCUT2D eigenvalue weighted by molar-refractivity contribution is -0.288. The van der Waals surface area contributed by atoms with E-state index < -0.39 is 66.6 Å². The normalized spacial score (nSPS) is 20.7. The lowest BCUT2D eigenvalue weighted by Gasteiger charge is -2.43. The van der Waals surface area contributed by atoms with Gasteiger partial charge in [0.15, 0.2) is 35.2 Å². The third kappa shape index (κ3) is 7.17. The largest absolute Gasteiger partial charge is 0.493 e. The number of hydrogen-bond donors (Lipinski definition) is 0. The molecule has 17 heteroatoms. The summed E-state index contributed by atoms with van der Waals surface area (Å²) in [7, 11) is 4.17. The molecule has 0 spiro atoms. The second-order valence-corrected chi connectivity index (χ2v) is 10.9. The van der Waals surface area contributed by atoms with Crippen molar-refractivity contribution in [3.05, 3.63) is 34.7 Å². The van der Waals surface area contributed by atoms with E-state index in [2.05, 4.69) is 0 Å². The van der Waals surface area contributed by atoms with Gasteiger partial charge in [-0.15, -0.1) is 0 Å². The Morgan fingerprint density at radius 3 is 1.98 bits per heavy atom. The lowest BCUT2D eigenvalue weighted by Crippen LogP contribution is -2.63. The number of ether oxygens (including phenoxy) is 11. The van der Waals surface area contributed by atoms with Crippen molar-refractivity contribution in [3.8, 4) is 45.6 Å². The molecule has 0 bridgehead atoms. The van der Waals surface area contributed by atoms with E-state index in [-0.39, 0.29) is 46.3 Å². The molecule has 0 saturated carbocycles.